The lowest BCUT2D eigenvalue weighted by Gasteiger charge is -2.15. The number of nitrogens with one attached hydrogen (secondary N) is 1. The first-order valence-electron chi connectivity index (χ1n) is 9.55. The van der Waals surface area contributed by atoms with Gasteiger partial charge >= 0.3 is 0 Å². The third-order valence-electron chi connectivity index (χ3n) is 4.91. The zero-order valence-electron chi connectivity index (χ0n) is 17.3. The minimum atomic E-state index is -0.573. The molecule has 0 aliphatic carbocycles. The van der Waals surface area contributed by atoms with E-state index in [9.17, 15) is 4.79 Å². The number of hydrogen-bond donors (Lipinski definition) is 1. The molecule has 1 heterocycles. The van der Waals surface area contributed by atoms with E-state index in [2.05, 4.69) is 58.8 Å². The molecule has 1 atom stereocenters. The summed E-state index contributed by atoms with van der Waals surface area (Å²) < 4.78 is 0. The molecule has 3 rings (SSSR count). The monoisotopic (exact) mass is 377 g/mol. The van der Waals surface area contributed by atoms with Gasteiger partial charge in [0, 0.05) is 11.3 Å². The van der Waals surface area contributed by atoms with Crippen LogP contribution in [0.5, 0.6) is 0 Å². The van der Waals surface area contributed by atoms with Gasteiger partial charge in [0.2, 0.25) is 5.82 Å². The van der Waals surface area contributed by atoms with E-state index in [4.69, 9.17) is 0 Å². The van der Waals surface area contributed by atoms with Crippen LogP contribution in [0.15, 0.2) is 36.4 Å². The molecule has 0 spiro atoms. The Morgan fingerprint density at radius 1 is 1.00 bits per heavy atom. The molecule has 6 heteroatoms. The maximum absolute atomic E-state index is 12.7. The van der Waals surface area contributed by atoms with Crippen LogP contribution in [-0.4, -0.2) is 26.1 Å². The topological polar surface area (TPSA) is 72.7 Å². The molecule has 0 aliphatic heterocycles. The number of tetrazole rings is 1. The molecule has 0 saturated carbocycles. The molecule has 1 aromatic heterocycles. The first kappa shape index (κ1) is 19.7. The molecule has 0 unspecified atom stereocenters. The zero-order chi connectivity index (χ0) is 20.4. The summed E-state index contributed by atoms with van der Waals surface area (Å²) in [6, 6.07) is 11.6. The number of anilines is 1. The number of amides is 1. The summed E-state index contributed by atoms with van der Waals surface area (Å²) in [4.78, 5) is 14.1. The lowest BCUT2D eigenvalue weighted by molar-refractivity contribution is -0.119. The molecule has 6 nitrogen and oxygen atoms in total. The van der Waals surface area contributed by atoms with Crippen LogP contribution in [0.25, 0.3) is 11.4 Å². The average molecular weight is 377 g/mol. The highest BCUT2D eigenvalue weighted by molar-refractivity contribution is 5.94. The Bertz CT molecular complexity index is 965. The Balaban J connectivity index is 1.76. The Hall–Kier alpha value is -3.02. The molecule has 3 aromatic rings. The van der Waals surface area contributed by atoms with Gasteiger partial charge in [-0.25, -0.2) is 0 Å². The second-order valence-corrected chi connectivity index (χ2v) is 7.65. The summed E-state index contributed by atoms with van der Waals surface area (Å²) in [5.41, 5.74) is 6.23. The lowest BCUT2D eigenvalue weighted by atomic mass is 10.0. The lowest BCUT2D eigenvalue weighted by Crippen LogP contribution is -2.26. The van der Waals surface area contributed by atoms with E-state index < -0.39 is 6.04 Å². The van der Waals surface area contributed by atoms with Crippen molar-refractivity contribution in [2.45, 2.75) is 53.5 Å². The first-order chi connectivity index (χ1) is 13.3. The highest BCUT2D eigenvalue weighted by atomic mass is 16.2. The molecule has 1 N–H and O–H groups in total. The Morgan fingerprint density at radius 2 is 1.61 bits per heavy atom. The van der Waals surface area contributed by atoms with Gasteiger partial charge in [0.05, 0.1) is 0 Å². The van der Waals surface area contributed by atoms with E-state index in [1.54, 1.807) is 6.92 Å². The SMILES string of the molecule is Cc1cc(C)c(NC(=O)[C@H](C)n2nnc(-c3ccc(C(C)C)cc3)n2)c(C)c1. The maximum Gasteiger partial charge on any atom is 0.250 e. The summed E-state index contributed by atoms with van der Waals surface area (Å²) in [6.45, 7) is 12.1. The Morgan fingerprint density at radius 3 is 2.18 bits per heavy atom. The van der Waals surface area contributed by atoms with Crippen LogP contribution >= 0.6 is 0 Å². The van der Waals surface area contributed by atoms with Gasteiger partial charge in [-0.1, -0.05) is 55.8 Å². The molecular formula is C22H27N5O. The predicted molar refractivity (Wildman–Crippen MR) is 111 cm³/mol. The van der Waals surface area contributed by atoms with E-state index in [-0.39, 0.29) is 5.91 Å². The van der Waals surface area contributed by atoms with E-state index in [1.807, 2.05) is 32.9 Å². The van der Waals surface area contributed by atoms with Gasteiger partial charge < -0.3 is 5.32 Å². The number of carbonyl (C=O) groups is 1. The van der Waals surface area contributed by atoms with Crippen LogP contribution in [0.3, 0.4) is 0 Å². The first-order valence-corrected chi connectivity index (χ1v) is 9.55. The fourth-order valence-corrected chi connectivity index (χ4v) is 3.23. The molecule has 0 bridgehead atoms. The molecule has 0 fully saturated rings. The fourth-order valence-electron chi connectivity index (χ4n) is 3.23. The summed E-state index contributed by atoms with van der Waals surface area (Å²) in [6.07, 6.45) is 0. The van der Waals surface area contributed by atoms with Crippen molar-refractivity contribution in [1.82, 2.24) is 20.2 Å². The number of hydrogen-bond acceptors (Lipinski definition) is 4. The van der Waals surface area contributed by atoms with E-state index in [1.165, 1.54) is 15.9 Å². The van der Waals surface area contributed by atoms with Crippen LogP contribution in [0, 0.1) is 20.8 Å². The number of aromatic nitrogens is 4. The van der Waals surface area contributed by atoms with Crippen molar-refractivity contribution in [3.8, 4) is 11.4 Å². The second-order valence-electron chi connectivity index (χ2n) is 7.65. The van der Waals surface area contributed by atoms with Crippen molar-refractivity contribution in [2.24, 2.45) is 0 Å². The molecule has 0 radical (unpaired) electrons. The van der Waals surface area contributed by atoms with Gasteiger partial charge in [0.15, 0.2) is 0 Å². The summed E-state index contributed by atoms with van der Waals surface area (Å²) in [5, 5.41) is 15.6. The highest BCUT2D eigenvalue weighted by Gasteiger charge is 2.20. The Labute approximate surface area is 166 Å². The summed E-state index contributed by atoms with van der Waals surface area (Å²) in [5.74, 6) is 0.807. The van der Waals surface area contributed by atoms with Gasteiger partial charge in [-0.05, 0) is 55.5 Å². The van der Waals surface area contributed by atoms with Gasteiger partial charge in [0.1, 0.15) is 6.04 Å². The number of nitrogens with zero attached hydrogens (tertiary/aromatic N) is 4. The smallest absolute Gasteiger partial charge is 0.250 e. The van der Waals surface area contributed by atoms with Crippen LogP contribution in [-0.2, 0) is 4.79 Å². The van der Waals surface area contributed by atoms with Gasteiger partial charge in [-0.2, -0.15) is 4.80 Å². The molecular weight excluding hydrogens is 350 g/mol. The normalized spacial score (nSPS) is 12.2. The quantitative estimate of drug-likeness (QED) is 0.706. The molecule has 0 aliphatic rings. The van der Waals surface area contributed by atoms with Gasteiger partial charge in [0.25, 0.3) is 5.91 Å². The van der Waals surface area contributed by atoms with Crippen molar-refractivity contribution >= 4 is 11.6 Å². The van der Waals surface area contributed by atoms with Crippen LogP contribution in [0.4, 0.5) is 5.69 Å². The van der Waals surface area contributed by atoms with E-state index >= 15 is 0 Å². The average Bonchev–Trinajstić information content (AvgIpc) is 3.14. The largest absolute Gasteiger partial charge is 0.324 e. The number of rotatable bonds is 5. The van der Waals surface area contributed by atoms with Gasteiger partial charge in [-0.3, -0.25) is 4.79 Å². The van der Waals surface area contributed by atoms with Crippen molar-refractivity contribution in [3.63, 3.8) is 0 Å². The molecule has 2 aromatic carbocycles. The second kappa shape index (κ2) is 7.92. The summed E-state index contributed by atoms with van der Waals surface area (Å²) >= 11 is 0. The van der Waals surface area contributed by atoms with E-state index in [0.29, 0.717) is 11.7 Å². The molecule has 28 heavy (non-hydrogen) atoms. The molecule has 146 valence electrons. The molecule has 1 amide bonds. The zero-order valence-corrected chi connectivity index (χ0v) is 17.3. The van der Waals surface area contributed by atoms with Crippen LogP contribution in [0.1, 0.15) is 55.0 Å². The fraction of sp³-hybridized carbons (Fsp3) is 0.364. The number of carbonyl (C=O) groups excluding carboxylic acids is 1. The Kier molecular flexibility index (Phi) is 5.58. The minimum Gasteiger partial charge on any atom is -0.324 e. The third kappa shape index (κ3) is 4.11. The number of benzene rings is 2. The molecule has 0 saturated heterocycles. The maximum atomic E-state index is 12.7. The summed E-state index contributed by atoms with van der Waals surface area (Å²) in [7, 11) is 0. The van der Waals surface area contributed by atoms with Crippen molar-refractivity contribution < 1.29 is 4.79 Å². The highest BCUT2D eigenvalue weighted by Crippen LogP contribution is 2.23. The van der Waals surface area contributed by atoms with Gasteiger partial charge in [-0.15, -0.1) is 10.2 Å². The van der Waals surface area contributed by atoms with Crippen LogP contribution < -0.4 is 5.32 Å². The van der Waals surface area contributed by atoms with Crippen molar-refractivity contribution in [1.29, 1.82) is 0 Å². The third-order valence-corrected chi connectivity index (χ3v) is 4.91. The van der Waals surface area contributed by atoms with Crippen molar-refractivity contribution in [2.75, 3.05) is 5.32 Å². The predicted octanol–water partition coefficient (Wildman–Crippen LogP) is 4.59. The van der Waals surface area contributed by atoms with E-state index in [0.717, 1.165) is 22.4 Å². The standard InChI is InChI=1S/C22H27N5O/c1-13(2)18-7-9-19(10-8-18)21-24-26-27(25-21)17(6)22(28)23-20-15(4)11-14(3)12-16(20)5/h7-13,17H,1-6H3,(H,23,28)/t17-/m0/s1. The van der Waals surface area contributed by atoms with Crippen LogP contribution in [0.2, 0.25) is 0 Å². The number of aryl methyl sites for hydroxylation is 3. The van der Waals surface area contributed by atoms with Crippen molar-refractivity contribution in [3.05, 3.63) is 58.7 Å². The minimum absolute atomic E-state index is 0.172.